The number of aliphatic hydroxyl groups is 5. The molecule has 8 unspecified atom stereocenters. The summed E-state index contributed by atoms with van der Waals surface area (Å²) in [4.78, 5) is 26.5. The van der Waals surface area contributed by atoms with Gasteiger partial charge in [-0.25, -0.2) is 0 Å². The molecule has 1 fully saturated rings. The van der Waals surface area contributed by atoms with Gasteiger partial charge in [0.25, 0.3) is 0 Å². The number of esters is 1. The summed E-state index contributed by atoms with van der Waals surface area (Å²) in [6.45, 7) is 5.57. The van der Waals surface area contributed by atoms with Crippen LogP contribution in [-0.2, 0) is 23.8 Å². The third-order valence-corrected chi connectivity index (χ3v) is 14.5. The van der Waals surface area contributed by atoms with Crippen molar-refractivity contribution >= 4 is 11.9 Å². The van der Waals surface area contributed by atoms with Crippen LogP contribution in [0.2, 0.25) is 0 Å². The zero-order valence-corrected chi connectivity index (χ0v) is 51.1. The van der Waals surface area contributed by atoms with E-state index in [1.165, 1.54) is 116 Å². The van der Waals surface area contributed by atoms with Crippen LogP contribution < -0.4 is 5.32 Å². The van der Waals surface area contributed by atoms with Crippen LogP contribution in [0.5, 0.6) is 0 Å². The SMILES string of the molecule is CC/C=C/C=C/C=C\C=C/C=C/CCCC(=O)OC1C(OCC(NC(=O)C(O)CCCCCCCCCCCC/C=C\C/C=C\C/C=C\C/C=C\CCCCC)C(O)/C=C/CCCCCCCCCCCCC)OC(CO)C(O)C1O. The molecule has 1 heterocycles. The number of rotatable bonds is 53. The van der Waals surface area contributed by atoms with Crippen LogP contribution in [0.4, 0.5) is 0 Å². The van der Waals surface area contributed by atoms with Crippen LogP contribution in [0.3, 0.4) is 0 Å². The Morgan fingerprint density at radius 3 is 1.46 bits per heavy atom. The Hall–Kier alpha value is -3.94. The van der Waals surface area contributed by atoms with Gasteiger partial charge in [0, 0.05) is 6.42 Å². The number of carbonyl (C=O) groups is 2. The molecule has 11 heteroatoms. The van der Waals surface area contributed by atoms with Gasteiger partial charge in [-0.1, -0.05) is 277 Å². The summed E-state index contributed by atoms with van der Waals surface area (Å²) in [7, 11) is 0. The van der Waals surface area contributed by atoms with E-state index in [4.69, 9.17) is 14.2 Å². The van der Waals surface area contributed by atoms with Gasteiger partial charge in [0.05, 0.1) is 25.4 Å². The summed E-state index contributed by atoms with van der Waals surface area (Å²) in [5.41, 5.74) is 0. The van der Waals surface area contributed by atoms with Crippen LogP contribution in [0.15, 0.2) is 122 Å². The fourth-order valence-electron chi connectivity index (χ4n) is 9.37. The van der Waals surface area contributed by atoms with Crippen molar-refractivity contribution < 1.29 is 49.3 Å². The number of ether oxygens (including phenoxy) is 3. The molecular formula is C70H117NO10. The first-order chi connectivity index (χ1) is 39.7. The van der Waals surface area contributed by atoms with E-state index in [-0.39, 0.29) is 19.4 Å². The molecule has 462 valence electrons. The third-order valence-electron chi connectivity index (χ3n) is 14.5. The molecule has 0 aromatic rings. The molecule has 1 aliphatic rings. The van der Waals surface area contributed by atoms with Gasteiger partial charge in [0.15, 0.2) is 12.4 Å². The quantitative estimate of drug-likeness (QED) is 0.0149. The summed E-state index contributed by atoms with van der Waals surface area (Å²) in [5.74, 6) is -1.28. The first-order valence-electron chi connectivity index (χ1n) is 32.4. The maximum Gasteiger partial charge on any atom is 0.306 e. The highest BCUT2D eigenvalue weighted by Crippen LogP contribution is 2.26. The van der Waals surface area contributed by atoms with Crippen LogP contribution in [0.1, 0.15) is 245 Å². The Morgan fingerprint density at radius 2 is 0.938 bits per heavy atom. The molecule has 1 aliphatic heterocycles. The molecule has 1 amide bonds. The lowest BCUT2D eigenvalue weighted by atomic mass is 9.99. The number of unbranched alkanes of at least 4 members (excludes halogenated alkanes) is 25. The number of aliphatic hydroxyl groups excluding tert-OH is 5. The summed E-state index contributed by atoms with van der Waals surface area (Å²) >= 11 is 0. The molecule has 81 heavy (non-hydrogen) atoms. The lowest BCUT2D eigenvalue weighted by molar-refractivity contribution is -0.305. The van der Waals surface area contributed by atoms with Crippen molar-refractivity contribution in [3.63, 3.8) is 0 Å². The van der Waals surface area contributed by atoms with Gasteiger partial charge in [-0.05, 0) is 83.5 Å². The van der Waals surface area contributed by atoms with Crippen molar-refractivity contribution in [3.8, 4) is 0 Å². The number of amides is 1. The van der Waals surface area contributed by atoms with E-state index in [1.807, 2.05) is 60.8 Å². The van der Waals surface area contributed by atoms with Crippen molar-refractivity contribution in [2.75, 3.05) is 13.2 Å². The largest absolute Gasteiger partial charge is 0.454 e. The fourth-order valence-corrected chi connectivity index (χ4v) is 9.37. The molecule has 0 saturated carbocycles. The maximum atomic E-state index is 13.5. The van der Waals surface area contributed by atoms with E-state index in [2.05, 4.69) is 80.8 Å². The molecule has 0 spiro atoms. The van der Waals surface area contributed by atoms with E-state index in [1.54, 1.807) is 6.08 Å². The van der Waals surface area contributed by atoms with E-state index in [0.29, 0.717) is 19.3 Å². The fraction of sp³-hybridized carbons (Fsp3) is 0.686. The predicted molar refractivity (Wildman–Crippen MR) is 338 cm³/mol. The Morgan fingerprint density at radius 1 is 0.506 bits per heavy atom. The van der Waals surface area contributed by atoms with Crippen molar-refractivity contribution in [3.05, 3.63) is 122 Å². The Kier molecular flexibility index (Phi) is 52.4. The molecule has 0 aromatic carbocycles. The van der Waals surface area contributed by atoms with Gasteiger partial charge in [-0.15, -0.1) is 0 Å². The van der Waals surface area contributed by atoms with Crippen molar-refractivity contribution in [2.24, 2.45) is 0 Å². The first kappa shape index (κ1) is 75.1. The molecule has 6 N–H and O–H groups in total. The normalized spacial score (nSPS) is 19.5. The smallest absolute Gasteiger partial charge is 0.306 e. The van der Waals surface area contributed by atoms with Gasteiger partial charge in [0.1, 0.15) is 24.4 Å². The summed E-state index contributed by atoms with van der Waals surface area (Å²) in [5, 5.41) is 57.0. The first-order valence-corrected chi connectivity index (χ1v) is 32.4. The minimum absolute atomic E-state index is 0.0212. The molecule has 0 bridgehead atoms. The summed E-state index contributed by atoms with van der Waals surface area (Å²) in [6, 6.07) is -1.05. The van der Waals surface area contributed by atoms with Gasteiger partial charge >= 0.3 is 5.97 Å². The second-order valence-corrected chi connectivity index (χ2v) is 21.9. The highest BCUT2D eigenvalue weighted by atomic mass is 16.7. The van der Waals surface area contributed by atoms with Gasteiger partial charge in [-0.2, -0.15) is 0 Å². The van der Waals surface area contributed by atoms with E-state index < -0.39 is 67.4 Å². The highest BCUT2D eigenvalue weighted by Gasteiger charge is 2.47. The standard InChI is InChI=1S/C70H117NO10/c1-4-7-10-13-16-19-22-25-26-27-28-29-30-31-32-33-34-35-36-37-40-42-45-48-51-54-57-63(74)69(78)71-61(62(73)56-53-50-47-44-41-38-23-20-17-14-11-8-5-2)60-79-70-68(67(77)66(76)64(59-72)80-70)81-65(75)58-55-52-49-46-43-39-24-21-18-15-12-9-6-3/h9,12,15-16,18-19,21,24-26,28-29,31-32,39,43,46,49,53,56,61-64,66-68,70,72-74,76-77H,4-8,10-11,13-14,17,20,22-23,27,30,33-38,40-42,44-45,47-48,50-52,54-55,57-60H2,1-3H3,(H,71,78)/b12-9+,18-15+,19-16-,24-21-,26-25-,29-28-,32-31-,43-39-,49-46+,56-53+. The zero-order valence-electron chi connectivity index (χ0n) is 51.1. The summed E-state index contributed by atoms with van der Waals surface area (Å²) < 4.78 is 17.5. The van der Waals surface area contributed by atoms with Crippen molar-refractivity contribution in [1.82, 2.24) is 5.32 Å². The lowest BCUT2D eigenvalue weighted by Gasteiger charge is -2.41. The molecule has 1 saturated heterocycles. The summed E-state index contributed by atoms with van der Waals surface area (Å²) in [6.07, 6.45) is 68.2. The van der Waals surface area contributed by atoms with Gasteiger partial charge < -0.3 is 45.1 Å². The number of allylic oxidation sites excluding steroid dienone is 19. The van der Waals surface area contributed by atoms with E-state index in [9.17, 15) is 35.1 Å². The molecular weight excluding hydrogens is 1010 g/mol. The Bertz CT molecular complexity index is 1780. The van der Waals surface area contributed by atoms with E-state index in [0.717, 1.165) is 77.0 Å². The van der Waals surface area contributed by atoms with Gasteiger partial charge in [0.2, 0.25) is 5.91 Å². The molecule has 0 aromatic heterocycles. The van der Waals surface area contributed by atoms with Gasteiger partial charge in [-0.3, -0.25) is 9.59 Å². The van der Waals surface area contributed by atoms with E-state index >= 15 is 0 Å². The second kappa shape index (κ2) is 56.5. The predicted octanol–water partition coefficient (Wildman–Crippen LogP) is 15.8. The molecule has 0 aliphatic carbocycles. The van der Waals surface area contributed by atoms with Crippen LogP contribution in [-0.4, -0.2) is 99.6 Å². The lowest BCUT2D eigenvalue weighted by Crippen LogP contribution is -2.61. The van der Waals surface area contributed by atoms with Crippen LogP contribution in [0.25, 0.3) is 0 Å². The molecule has 0 radical (unpaired) electrons. The number of carbonyl (C=O) groups excluding carboxylic acids is 2. The topological polar surface area (TPSA) is 175 Å². The average Bonchev–Trinajstić information content (AvgIpc) is 3.50. The number of nitrogens with one attached hydrogen (secondary N) is 1. The third kappa shape index (κ3) is 44.3. The molecule has 1 rings (SSSR count). The van der Waals surface area contributed by atoms with Crippen LogP contribution in [0, 0.1) is 0 Å². The minimum Gasteiger partial charge on any atom is -0.454 e. The van der Waals surface area contributed by atoms with Crippen molar-refractivity contribution in [2.45, 2.75) is 294 Å². The molecule has 8 atom stereocenters. The zero-order chi connectivity index (χ0) is 58.9. The number of hydrogen-bond donors (Lipinski definition) is 6. The number of hydrogen-bond acceptors (Lipinski definition) is 10. The minimum atomic E-state index is -1.65. The monoisotopic (exact) mass is 1130 g/mol. The maximum absolute atomic E-state index is 13.5. The highest BCUT2D eigenvalue weighted by molar-refractivity contribution is 5.80. The van der Waals surface area contributed by atoms with Crippen LogP contribution >= 0.6 is 0 Å². The van der Waals surface area contributed by atoms with Crippen molar-refractivity contribution in [1.29, 1.82) is 0 Å². The second-order valence-electron chi connectivity index (χ2n) is 21.9. The Balaban J connectivity index is 2.64. The Labute approximate surface area is 493 Å². The molecule has 11 nitrogen and oxygen atoms in total. The average molecular weight is 1130 g/mol.